The van der Waals surface area contributed by atoms with Crippen LogP contribution in [0.2, 0.25) is 0 Å². The number of aromatic nitrogens is 5. The summed E-state index contributed by atoms with van der Waals surface area (Å²) in [7, 11) is 0. The first-order chi connectivity index (χ1) is 11.3. The van der Waals surface area contributed by atoms with Gasteiger partial charge in [0.05, 0.1) is 35.2 Å². The molecule has 2 N–H and O–H groups in total. The van der Waals surface area contributed by atoms with E-state index < -0.39 is 0 Å². The Kier molecular flexibility index (Phi) is 3.27. The summed E-state index contributed by atoms with van der Waals surface area (Å²) in [6, 6.07) is 16.4. The van der Waals surface area contributed by atoms with Gasteiger partial charge in [-0.05, 0) is 36.8 Å². The molecule has 2 heterocycles. The first-order valence-corrected chi connectivity index (χ1v) is 7.47. The molecule has 4 rings (SSSR count). The van der Waals surface area contributed by atoms with Crippen molar-refractivity contribution in [2.24, 2.45) is 0 Å². The molecule has 6 heteroatoms. The van der Waals surface area contributed by atoms with Gasteiger partial charge in [0.2, 0.25) is 5.95 Å². The van der Waals surface area contributed by atoms with Crippen LogP contribution in [0.3, 0.4) is 0 Å². The lowest BCUT2D eigenvalue weighted by molar-refractivity contribution is 0.800. The second-order valence-corrected chi connectivity index (χ2v) is 5.41. The molecule has 114 valence electrons. The van der Waals surface area contributed by atoms with Gasteiger partial charge in [-0.3, -0.25) is 0 Å². The van der Waals surface area contributed by atoms with Crippen molar-refractivity contribution < 1.29 is 0 Å². The second kappa shape index (κ2) is 5.57. The Balaban J connectivity index is 1.53. The summed E-state index contributed by atoms with van der Waals surface area (Å²) in [5, 5.41) is 11.2. The Labute approximate surface area is 133 Å². The number of benzene rings is 2. The molecule has 0 bridgehead atoms. The minimum Gasteiger partial charge on any atom is -0.349 e. The first kappa shape index (κ1) is 13.5. The summed E-state index contributed by atoms with van der Waals surface area (Å²) in [4.78, 5) is 7.83. The third-order valence-corrected chi connectivity index (χ3v) is 3.82. The van der Waals surface area contributed by atoms with E-state index in [9.17, 15) is 0 Å². The number of para-hydroxylation sites is 2. The van der Waals surface area contributed by atoms with Crippen LogP contribution in [0, 0.1) is 0 Å². The molecule has 0 radical (unpaired) electrons. The van der Waals surface area contributed by atoms with Crippen LogP contribution in [-0.2, 0) is 0 Å². The molecule has 0 saturated carbocycles. The van der Waals surface area contributed by atoms with Crippen molar-refractivity contribution in [1.29, 1.82) is 0 Å². The molecule has 1 unspecified atom stereocenters. The van der Waals surface area contributed by atoms with Crippen molar-refractivity contribution in [3.63, 3.8) is 0 Å². The van der Waals surface area contributed by atoms with Crippen LogP contribution in [0.15, 0.2) is 60.9 Å². The van der Waals surface area contributed by atoms with Crippen molar-refractivity contribution >= 4 is 17.0 Å². The molecule has 6 nitrogen and oxygen atoms in total. The van der Waals surface area contributed by atoms with Crippen LogP contribution in [0.1, 0.15) is 18.5 Å². The predicted molar refractivity (Wildman–Crippen MR) is 89.5 cm³/mol. The Morgan fingerprint density at radius 2 is 1.91 bits per heavy atom. The molecular weight excluding hydrogens is 288 g/mol. The minimum atomic E-state index is 0.139. The quantitative estimate of drug-likeness (QED) is 0.607. The van der Waals surface area contributed by atoms with E-state index in [1.165, 1.54) is 5.56 Å². The summed E-state index contributed by atoms with van der Waals surface area (Å²) in [6.07, 6.45) is 3.49. The molecule has 0 fully saturated rings. The molecule has 4 aromatic rings. The Hall–Kier alpha value is -3.15. The molecule has 0 amide bonds. The average Bonchev–Trinajstić information content (AvgIpc) is 3.24. The lowest BCUT2D eigenvalue weighted by Gasteiger charge is -2.13. The molecular formula is C17H16N6. The summed E-state index contributed by atoms with van der Waals surface area (Å²) in [6.45, 7) is 2.11. The Bertz CT molecular complexity index is 875. The van der Waals surface area contributed by atoms with Gasteiger partial charge in [0.1, 0.15) is 0 Å². The van der Waals surface area contributed by atoms with Gasteiger partial charge >= 0.3 is 0 Å². The predicted octanol–water partition coefficient (Wildman–Crippen LogP) is 3.32. The summed E-state index contributed by atoms with van der Waals surface area (Å²) in [5.41, 5.74) is 4.16. The number of H-pyrrole nitrogens is 1. The number of nitrogens with one attached hydrogen (secondary N) is 2. The van der Waals surface area contributed by atoms with E-state index in [4.69, 9.17) is 0 Å². The molecule has 0 aliphatic heterocycles. The van der Waals surface area contributed by atoms with Crippen LogP contribution < -0.4 is 5.32 Å². The maximum absolute atomic E-state index is 4.55. The van der Waals surface area contributed by atoms with Gasteiger partial charge in [-0.15, -0.1) is 5.10 Å². The van der Waals surface area contributed by atoms with Crippen LogP contribution >= 0.6 is 0 Å². The van der Waals surface area contributed by atoms with Gasteiger partial charge in [0, 0.05) is 0 Å². The highest BCUT2D eigenvalue weighted by atomic mass is 15.4. The molecule has 0 aliphatic rings. The van der Waals surface area contributed by atoms with Gasteiger partial charge in [-0.1, -0.05) is 29.5 Å². The number of fused-ring (bicyclic) bond motifs is 1. The number of nitrogens with zero attached hydrogens (tertiary/aromatic N) is 4. The monoisotopic (exact) mass is 304 g/mol. The highest BCUT2D eigenvalue weighted by molar-refractivity contribution is 5.77. The van der Waals surface area contributed by atoms with Crippen LogP contribution in [0.4, 0.5) is 5.95 Å². The Morgan fingerprint density at radius 1 is 1.09 bits per heavy atom. The maximum atomic E-state index is 4.55. The topological polar surface area (TPSA) is 71.4 Å². The zero-order chi connectivity index (χ0) is 15.6. The number of imidazole rings is 1. The minimum absolute atomic E-state index is 0.139. The van der Waals surface area contributed by atoms with Crippen molar-refractivity contribution in [3.8, 4) is 5.69 Å². The van der Waals surface area contributed by atoms with E-state index >= 15 is 0 Å². The molecule has 2 aromatic carbocycles. The molecule has 2 aromatic heterocycles. The van der Waals surface area contributed by atoms with Gasteiger partial charge in [-0.25, -0.2) is 9.67 Å². The number of rotatable bonds is 4. The molecule has 0 aliphatic carbocycles. The van der Waals surface area contributed by atoms with E-state index in [-0.39, 0.29) is 6.04 Å². The maximum Gasteiger partial charge on any atom is 0.201 e. The average molecular weight is 304 g/mol. The highest BCUT2D eigenvalue weighted by Gasteiger charge is 2.09. The van der Waals surface area contributed by atoms with Crippen LogP contribution in [0.25, 0.3) is 16.7 Å². The van der Waals surface area contributed by atoms with Gasteiger partial charge in [0.25, 0.3) is 0 Å². The molecule has 1 atom stereocenters. The summed E-state index contributed by atoms with van der Waals surface area (Å²) < 4.78 is 1.74. The van der Waals surface area contributed by atoms with Crippen LogP contribution in [0.5, 0.6) is 0 Å². The number of hydrogen-bond donors (Lipinski definition) is 2. The third kappa shape index (κ3) is 2.66. The van der Waals surface area contributed by atoms with E-state index in [0.29, 0.717) is 0 Å². The zero-order valence-electron chi connectivity index (χ0n) is 12.6. The van der Waals surface area contributed by atoms with E-state index in [1.807, 2.05) is 42.6 Å². The second-order valence-electron chi connectivity index (χ2n) is 5.41. The fraction of sp³-hybridized carbons (Fsp3) is 0.118. The van der Waals surface area contributed by atoms with Crippen LogP contribution in [-0.4, -0.2) is 25.0 Å². The molecule has 0 spiro atoms. The summed E-state index contributed by atoms with van der Waals surface area (Å²) >= 11 is 0. The third-order valence-electron chi connectivity index (χ3n) is 3.82. The largest absolute Gasteiger partial charge is 0.349 e. The summed E-state index contributed by atoms with van der Waals surface area (Å²) in [5.74, 6) is 0.777. The van der Waals surface area contributed by atoms with E-state index in [2.05, 4.69) is 44.7 Å². The van der Waals surface area contributed by atoms with Gasteiger partial charge in [0.15, 0.2) is 0 Å². The molecule has 23 heavy (non-hydrogen) atoms. The number of hydrogen-bond acceptors (Lipinski definition) is 4. The van der Waals surface area contributed by atoms with Crippen molar-refractivity contribution in [1.82, 2.24) is 25.0 Å². The lowest BCUT2D eigenvalue weighted by atomic mass is 10.1. The van der Waals surface area contributed by atoms with Crippen molar-refractivity contribution in [2.45, 2.75) is 13.0 Å². The van der Waals surface area contributed by atoms with Gasteiger partial charge in [-0.2, -0.15) is 0 Å². The standard InChI is InChI=1S/C17H16N6/c1-12(19-17-20-15-4-2-3-5-16(15)21-17)13-6-8-14(9-7-13)23-11-10-18-22-23/h2-12H,1H3,(H2,19,20,21). The van der Waals surface area contributed by atoms with Crippen molar-refractivity contribution in [2.75, 3.05) is 5.32 Å². The van der Waals surface area contributed by atoms with Crippen molar-refractivity contribution in [3.05, 3.63) is 66.5 Å². The van der Waals surface area contributed by atoms with E-state index in [1.54, 1.807) is 10.9 Å². The lowest BCUT2D eigenvalue weighted by Crippen LogP contribution is -2.08. The Morgan fingerprint density at radius 3 is 2.65 bits per heavy atom. The number of anilines is 1. The first-order valence-electron chi connectivity index (χ1n) is 7.47. The highest BCUT2D eigenvalue weighted by Crippen LogP contribution is 2.21. The number of aromatic amines is 1. The zero-order valence-corrected chi connectivity index (χ0v) is 12.6. The fourth-order valence-corrected chi connectivity index (χ4v) is 2.57. The molecule has 0 saturated heterocycles. The normalized spacial score (nSPS) is 12.4. The van der Waals surface area contributed by atoms with E-state index in [0.717, 1.165) is 22.7 Å². The smallest absolute Gasteiger partial charge is 0.201 e. The van der Waals surface area contributed by atoms with Gasteiger partial charge < -0.3 is 10.3 Å². The fourth-order valence-electron chi connectivity index (χ4n) is 2.57. The SMILES string of the molecule is CC(Nc1nc2ccccc2[nH]1)c1ccc(-n2ccnn2)cc1.